The standard InChI is InChI=1S/C25H24N2O3/c1-29-19-12-10-17(11-13-19)22(23-16-26-24-9-4-3-8-21(23)24)15-27-25(28)18-6-5-7-20(14-18)30-2/h3-14,16,22,26H,15H2,1-2H3,(H,27,28)/t22-/m1/s1. The molecule has 4 rings (SSSR count). The number of carbonyl (C=O) groups is 1. The average Bonchev–Trinajstić information content (AvgIpc) is 3.23. The number of para-hydroxylation sites is 1. The van der Waals surface area contributed by atoms with E-state index in [0.29, 0.717) is 17.9 Å². The summed E-state index contributed by atoms with van der Waals surface area (Å²) in [6.07, 6.45) is 2.03. The Morgan fingerprint density at radius 3 is 2.47 bits per heavy atom. The fourth-order valence-electron chi connectivity index (χ4n) is 3.69. The number of carbonyl (C=O) groups excluding carboxylic acids is 1. The third-order valence-corrected chi connectivity index (χ3v) is 5.31. The molecule has 3 aromatic carbocycles. The molecule has 2 N–H and O–H groups in total. The number of hydrogen-bond acceptors (Lipinski definition) is 3. The minimum atomic E-state index is -0.132. The first-order valence-electron chi connectivity index (χ1n) is 9.82. The van der Waals surface area contributed by atoms with Crippen molar-refractivity contribution in [2.45, 2.75) is 5.92 Å². The van der Waals surface area contributed by atoms with E-state index in [9.17, 15) is 4.79 Å². The number of fused-ring (bicyclic) bond motifs is 1. The third-order valence-electron chi connectivity index (χ3n) is 5.31. The lowest BCUT2D eigenvalue weighted by Crippen LogP contribution is -2.28. The van der Waals surface area contributed by atoms with E-state index in [1.807, 2.05) is 54.7 Å². The van der Waals surface area contributed by atoms with E-state index in [2.05, 4.69) is 22.4 Å². The number of nitrogens with one attached hydrogen (secondary N) is 2. The Morgan fingerprint density at radius 1 is 0.933 bits per heavy atom. The highest BCUT2D eigenvalue weighted by molar-refractivity contribution is 5.94. The van der Waals surface area contributed by atoms with Crippen molar-refractivity contribution in [2.75, 3.05) is 20.8 Å². The van der Waals surface area contributed by atoms with Crippen molar-refractivity contribution < 1.29 is 14.3 Å². The molecule has 1 aromatic heterocycles. The van der Waals surface area contributed by atoms with Crippen LogP contribution >= 0.6 is 0 Å². The number of methoxy groups -OCH3 is 2. The second kappa shape index (κ2) is 8.74. The molecule has 0 aliphatic rings. The SMILES string of the molecule is COc1ccc([C@@H](CNC(=O)c2cccc(OC)c2)c2c[nH]c3ccccc23)cc1. The Hall–Kier alpha value is -3.73. The molecule has 0 bridgehead atoms. The van der Waals surface area contributed by atoms with Crippen molar-refractivity contribution in [1.82, 2.24) is 10.3 Å². The average molecular weight is 400 g/mol. The van der Waals surface area contributed by atoms with Crippen LogP contribution in [0.15, 0.2) is 79.0 Å². The summed E-state index contributed by atoms with van der Waals surface area (Å²) in [6.45, 7) is 0.463. The number of ether oxygens (including phenoxy) is 2. The largest absolute Gasteiger partial charge is 0.497 e. The summed E-state index contributed by atoms with van der Waals surface area (Å²) in [5.74, 6) is 1.32. The van der Waals surface area contributed by atoms with Crippen LogP contribution in [-0.2, 0) is 0 Å². The minimum Gasteiger partial charge on any atom is -0.497 e. The molecule has 0 aliphatic carbocycles. The van der Waals surface area contributed by atoms with Crippen LogP contribution in [0.25, 0.3) is 10.9 Å². The van der Waals surface area contributed by atoms with Crippen LogP contribution in [0.3, 0.4) is 0 Å². The highest BCUT2D eigenvalue weighted by Crippen LogP contribution is 2.31. The zero-order valence-electron chi connectivity index (χ0n) is 17.0. The van der Waals surface area contributed by atoms with Crippen molar-refractivity contribution in [3.05, 3.63) is 95.7 Å². The van der Waals surface area contributed by atoms with E-state index in [0.717, 1.165) is 27.8 Å². The topological polar surface area (TPSA) is 63.4 Å². The van der Waals surface area contributed by atoms with Gasteiger partial charge in [0.1, 0.15) is 11.5 Å². The zero-order chi connectivity index (χ0) is 20.9. The van der Waals surface area contributed by atoms with Crippen LogP contribution in [0.2, 0.25) is 0 Å². The van der Waals surface area contributed by atoms with E-state index in [4.69, 9.17) is 9.47 Å². The summed E-state index contributed by atoms with van der Waals surface area (Å²) >= 11 is 0. The minimum absolute atomic E-state index is 0.0124. The van der Waals surface area contributed by atoms with Gasteiger partial charge in [-0.05, 0) is 47.5 Å². The summed E-state index contributed by atoms with van der Waals surface area (Å²) < 4.78 is 10.5. The number of amides is 1. The Balaban J connectivity index is 1.64. The maximum absolute atomic E-state index is 12.8. The molecule has 0 saturated heterocycles. The number of aromatic nitrogens is 1. The molecule has 0 aliphatic heterocycles. The molecule has 1 amide bonds. The molecule has 0 fully saturated rings. The van der Waals surface area contributed by atoms with Crippen molar-refractivity contribution in [1.29, 1.82) is 0 Å². The lowest BCUT2D eigenvalue weighted by Gasteiger charge is -2.19. The predicted molar refractivity (Wildman–Crippen MR) is 118 cm³/mol. The molecule has 0 saturated carbocycles. The molecule has 152 valence electrons. The molecule has 0 radical (unpaired) electrons. The van der Waals surface area contributed by atoms with Crippen LogP contribution in [0.1, 0.15) is 27.4 Å². The highest BCUT2D eigenvalue weighted by atomic mass is 16.5. The van der Waals surface area contributed by atoms with Crippen molar-refractivity contribution in [3.8, 4) is 11.5 Å². The molecule has 0 unspecified atom stereocenters. The quantitative estimate of drug-likeness (QED) is 0.471. The lowest BCUT2D eigenvalue weighted by atomic mass is 9.90. The number of rotatable bonds is 7. The molecule has 5 nitrogen and oxygen atoms in total. The Bertz CT molecular complexity index is 1150. The van der Waals surface area contributed by atoms with Gasteiger partial charge in [0.05, 0.1) is 14.2 Å². The fourth-order valence-corrected chi connectivity index (χ4v) is 3.69. The van der Waals surface area contributed by atoms with Crippen LogP contribution in [0.5, 0.6) is 11.5 Å². The molecule has 5 heteroatoms. The van der Waals surface area contributed by atoms with Gasteiger partial charge >= 0.3 is 0 Å². The summed E-state index contributed by atoms with van der Waals surface area (Å²) in [4.78, 5) is 16.1. The molecule has 30 heavy (non-hydrogen) atoms. The number of aromatic amines is 1. The van der Waals surface area contributed by atoms with E-state index in [-0.39, 0.29) is 11.8 Å². The molecule has 0 spiro atoms. The normalized spacial score (nSPS) is 11.8. The highest BCUT2D eigenvalue weighted by Gasteiger charge is 2.20. The smallest absolute Gasteiger partial charge is 0.251 e. The number of H-pyrrole nitrogens is 1. The summed E-state index contributed by atoms with van der Waals surface area (Å²) in [7, 11) is 3.24. The Kier molecular flexibility index (Phi) is 5.70. The zero-order valence-corrected chi connectivity index (χ0v) is 17.0. The van der Waals surface area contributed by atoms with Crippen LogP contribution in [-0.4, -0.2) is 31.7 Å². The summed E-state index contributed by atoms with van der Waals surface area (Å²) in [5.41, 5.74) is 3.89. The summed E-state index contributed by atoms with van der Waals surface area (Å²) in [6, 6.07) is 23.3. The number of hydrogen-bond donors (Lipinski definition) is 2. The van der Waals surface area contributed by atoms with Gasteiger partial charge in [-0.25, -0.2) is 0 Å². The first-order valence-corrected chi connectivity index (χ1v) is 9.82. The van der Waals surface area contributed by atoms with Gasteiger partial charge in [-0.15, -0.1) is 0 Å². The van der Waals surface area contributed by atoms with Crippen molar-refractivity contribution in [3.63, 3.8) is 0 Å². The second-order valence-electron chi connectivity index (χ2n) is 7.06. The van der Waals surface area contributed by atoms with Gasteiger partial charge in [-0.1, -0.05) is 36.4 Å². The fraction of sp³-hybridized carbons (Fsp3) is 0.160. The maximum Gasteiger partial charge on any atom is 0.251 e. The monoisotopic (exact) mass is 400 g/mol. The summed E-state index contributed by atoms with van der Waals surface area (Å²) in [5, 5.41) is 4.24. The van der Waals surface area contributed by atoms with Gasteiger partial charge in [-0.3, -0.25) is 4.79 Å². The lowest BCUT2D eigenvalue weighted by molar-refractivity contribution is 0.0952. The Morgan fingerprint density at radius 2 is 1.70 bits per heavy atom. The maximum atomic E-state index is 12.8. The molecule has 1 heterocycles. The first kappa shape index (κ1) is 19.6. The second-order valence-corrected chi connectivity index (χ2v) is 7.06. The first-order chi connectivity index (χ1) is 14.7. The van der Waals surface area contributed by atoms with Crippen LogP contribution in [0.4, 0.5) is 0 Å². The molecular formula is C25H24N2O3. The van der Waals surface area contributed by atoms with E-state index in [1.54, 1.807) is 26.4 Å². The van der Waals surface area contributed by atoms with Crippen LogP contribution in [0, 0.1) is 0 Å². The van der Waals surface area contributed by atoms with Gasteiger partial charge in [0, 0.05) is 35.1 Å². The van der Waals surface area contributed by atoms with E-state index < -0.39 is 0 Å². The molecule has 1 atom stereocenters. The van der Waals surface area contributed by atoms with Gasteiger partial charge in [0.2, 0.25) is 0 Å². The molecule has 4 aromatic rings. The van der Waals surface area contributed by atoms with Gasteiger partial charge < -0.3 is 19.8 Å². The van der Waals surface area contributed by atoms with E-state index >= 15 is 0 Å². The molecular weight excluding hydrogens is 376 g/mol. The van der Waals surface area contributed by atoms with Gasteiger partial charge in [0.25, 0.3) is 5.91 Å². The van der Waals surface area contributed by atoms with Crippen molar-refractivity contribution in [2.24, 2.45) is 0 Å². The third kappa shape index (κ3) is 4.01. The van der Waals surface area contributed by atoms with E-state index in [1.165, 1.54) is 0 Å². The van der Waals surface area contributed by atoms with Gasteiger partial charge in [0.15, 0.2) is 0 Å². The van der Waals surface area contributed by atoms with Crippen LogP contribution < -0.4 is 14.8 Å². The van der Waals surface area contributed by atoms with Gasteiger partial charge in [-0.2, -0.15) is 0 Å². The Labute approximate surface area is 175 Å². The van der Waals surface area contributed by atoms with Crippen molar-refractivity contribution >= 4 is 16.8 Å². The predicted octanol–water partition coefficient (Wildman–Crippen LogP) is 4.75. The number of benzene rings is 3.